The van der Waals surface area contributed by atoms with Crippen LogP contribution in [0, 0.1) is 0 Å². The summed E-state index contributed by atoms with van der Waals surface area (Å²) in [5, 5.41) is 6.10. The summed E-state index contributed by atoms with van der Waals surface area (Å²) in [6.07, 6.45) is 6.19. The highest BCUT2D eigenvalue weighted by Gasteiger charge is 2.14. The summed E-state index contributed by atoms with van der Waals surface area (Å²) < 4.78 is 4.70. The second-order valence-corrected chi connectivity index (χ2v) is 9.81. The fourth-order valence-electron chi connectivity index (χ4n) is 5.96. The van der Waals surface area contributed by atoms with Crippen molar-refractivity contribution < 1.29 is 0 Å². The van der Waals surface area contributed by atoms with E-state index >= 15 is 0 Å². The zero-order valence-electron chi connectivity index (χ0n) is 23.9. The molecule has 7 aromatic rings. The first kappa shape index (κ1) is 26.2. The van der Waals surface area contributed by atoms with Gasteiger partial charge in [-0.25, -0.2) is 0 Å². The molecule has 0 N–H and O–H groups in total. The van der Waals surface area contributed by atoms with E-state index in [1.165, 1.54) is 60.1 Å². The molecule has 0 saturated heterocycles. The molecule has 200 valence electrons. The van der Waals surface area contributed by atoms with Crippen molar-refractivity contribution in [1.82, 2.24) is 9.13 Å². The van der Waals surface area contributed by atoms with Crippen LogP contribution in [0.2, 0.25) is 0 Å². The molecule has 0 radical (unpaired) electrons. The van der Waals surface area contributed by atoms with Crippen LogP contribution in [0.25, 0.3) is 67.4 Å². The summed E-state index contributed by atoms with van der Waals surface area (Å²) in [5.74, 6) is 0. The van der Waals surface area contributed by atoms with Gasteiger partial charge < -0.3 is 9.13 Å². The molecular formula is C39H34N2. The van der Waals surface area contributed by atoms with Gasteiger partial charge in [0.15, 0.2) is 0 Å². The number of rotatable bonds is 4. The molecule has 5 aromatic carbocycles. The number of para-hydroxylation sites is 3. The summed E-state index contributed by atoms with van der Waals surface area (Å²) in [5.41, 5.74) is 8.36. The van der Waals surface area contributed by atoms with Crippen LogP contribution in [0.3, 0.4) is 0 Å². The van der Waals surface area contributed by atoms with Crippen molar-refractivity contribution in [1.29, 1.82) is 0 Å². The topological polar surface area (TPSA) is 9.86 Å². The van der Waals surface area contributed by atoms with Crippen molar-refractivity contribution in [3.63, 3.8) is 0 Å². The lowest BCUT2D eigenvalue weighted by Gasteiger charge is -2.09. The van der Waals surface area contributed by atoms with Crippen LogP contribution in [0.1, 0.15) is 20.8 Å². The van der Waals surface area contributed by atoms with E-state index in [1.54, 1.807) is 0 Å². The second kappa shape index (κ2) is 11.2. The molecule has 0 spiro atoms. The molecule has 2 aromatic heterocycles. The van der Waals surface area contributed by atoms with Gasteiger partial charge in [-0.2, -0.15) is 0 Å². The number of nitrogens with zero attached hydrogens (tertiary/aromatic N) is 2. The Hall–Kier alpha value is -5.08. The van der Waals surface area contributed by atoms with Crippen LogP contribution in [0.4, 0.5) is 0 Å². The van der Waals surface area contributed by atoms with Gasteiger partial charge >= 0.3 is 0 Å². The van der Waals surface area contributed by atoms with Crippen molar-refractivity contribution >= 4 is 44.9 Å². The third kappa shape index (κ3) is 4.38. The van der Waals surface area contributed by atoms with Crippen molar-refractivity contribution in [2.24, 2.45) is 0 Å². The molecule has 41 heavy (non-hydrogen) atoms. The van der Waals surface area contributed by atoms with Gasteiger partial charge in [0, 0.05) is 38.1 Å². The van der Waals surface area contributed by atoms with E-state index in [9.17, 15) is 0 Å². The maximum atomic E-state index is 4.01. The normalized spacial score (nSPS) is 12.2. The summed E-state index contributed by atoms with van der Waals surface area (Å²) in [4.78, 5) is 0. The van der Waals surface area contributed by atoms with Crippen LogP contribution >= 0.6 is 0 Å². The first-order valence-corrected chi connectivity index (χ1v) is 14.4. The molecule has 0 bridgehead atoms. The Morgan fingerprint density at radius 3 is 1.66 bits per heavy atom. The lowest BCUT2D eigenvalue weighted by molar-refractivity contribution is 1.07. The smallest absolute Gasteiger partial charge is 0.0541 e. The van der Waals surface area contributed by atoms with Crippen molar-refractivity contribution in [3.8, 4) is 22.5 Å². The molecule has 0 saturated carbocycles. The lowest BCUT2D eigenvalue weighted by Crippen LogP contribution is -2.27. The standard InChI is InChI=1S/C37H28N2.C2H6/c1-3-13-30-32-24-26(20-22-36(32)38(34(30)4-2)28-14-7-5-8-15-28)27-21-23-37-33(25-27)31-18-11-12-19-35(31)39(37)29-16-9-6-10-17-29;1-2/h3-25H,1H2,2H3;1-2H3/b30-13-,34-4+;. The Morgan fingerprint density at radius 1 is 0.537 bits per heavy atom. The highest BCUT2D eigenvalue weighted by atomic mass is 15.0. The molecule has 0 aliphatic carbocycles. The largest absolute Gasteiger partial charge is 0.310 e. The van der Waals surface area contributed by atoms with Gasteiger partial charge in [0.05, 0.1) is 16.6 Å². The van der Waals surface area contributed by atoms with Crippen LogP contribution < -0.4 is 10.6 Å². The zero-order valence-corrected chi connectivity index (χ0v) is 23.9. The molecule has 0 unspecified atom stereocenters. The molecule has 0 aliphatic rings. The van der Waals surface area contributed by atoms with E-state index in [2.05, 4.69) is 156 Å². The van der Waals surface area contributed by atoms with Crippen molar-refractivity contribution in [2.75, 3.05) is 0 Å². The van der Waals surface area contributed by atoms with Gasteiger partial charge in [-0.05, 0) is 72.6 Å². The van der Waals surface area contributed by atoms with E-state index in [1.807, 2.05) is 19.9 Å². The molecular weight excluding hydrogens is 496 g/mol. The molecule has 0 fully saturated rings. The fraction of sp³-hybridized carbons (Fsp3) is 0.0769. The van der Waals surface area contributed by atoms with Gasteiger partial charge in [0.1, 0.15) is 0 Å². The van der Waals surface area contributed by atoms with Gasteiger partial charge in [-0.15, -0.1) is 0 Å². The van der Waals surface area contributed by atoms with Crippen LogP contribution in [0.5, 0.6) is 0 Å². The van der Waals surface area contributed by atoms with Crippen LogP contribution in [-0.4, -0.2) is 9.13 Å². The Labute approximate surface area is 241 Å². The van der Waals surface area contributed by atoms with E-state index in [0.717, 1.165) is 5.69 Å². The minimum atomic E-state index is 1.15. The number of allylic oxidation sites excluding steroid dienone is 1. The van der Waals surface area contributed by atoms with Gasteiger partial charge in [-0.3, -0.25) is 0 Å². The second-order valence-electron chi connectivity index (χ2n) is 9.81. The number of benzene rings is 5. The fourth-order valence-corrected chi connectivity index (χ4v) is 5.96. The molecule has 0 aliphatic heterocycles. The Morgan fingerprint density at radius 2 is 1.05 bits per heavy atom. The molecule has 2 nitrogen and oxygen atoms in total. The van der Waals surface area contributed by atoms with Crippen molar-refractivity contribution in [3.05, 3.63) is 145 Å². The number of hydrogen-bond acceptors (Lipinski definition) is 0. The molecule has 2 heteroatoms. The predicted octanol–water partition coefficient (Wildman–Crippen LogP) is 9.19. The van der Waals surface area contributed by atoms with E-state index in [0.29, 0.717) is 0 Å². The summed E-state index contributed by atoms with van der Waals surface area (Å²) in [6, 6.07) is 43.5. The highest BCUT2D eigenvalue weighted by molar-refractivity contribution is 6.10. The minimum Gasteiger partial charge on any atom is -0.310 e. The number of hydrogen-bond donors (Lipinski definition) is 0. The quantitative estimate of drug-likeness (QED) is 0.215. The average molecular weight is 531 g/mol. The summed E-state index contributed by atoms with van der Waals surface area (Å²) in [6.45, 7) is 10.1. The van der Waals surface area contributed by atoms with E-state index in [-0.39, 0.29) is 0 Å². The Kier molecular flexibility index (Phi) is 7.14. The number of fused-ring (bicyclic) bond motifs is 4. The third-order valence-electron chi connectivity index (χ3n) is 7.64. The van der Waals surface area contributed by atoms with Gasteiger partial charge in [0.25, 0.3) is 0 Å². The molecule has 0 amide bonds. The van der Waals surface area contributed by atoms with E-state index < -0.39 is 0 Å². The molecule has 0 atom stereocenters. The van der Waals surface area contributed by atoms with Crippen LogP contribution in [-0.2, 0) is 0 Å². The Balaban J connectivity index is 0.00000148. The predicted molar refractivity (Wildman–Crippen MR) is 178 cm³/mol. The first-order chi connectivity index (χ1) is 20.3. The third-order valence-corrected chi connectivity index (χ3v) is 7.64. The summed E-state index contributed by atoms with van der Waals surface area (Å²) >= 11 is 0. The van der Waals surface area contributed by atoms with Crippen molar-refractivity contribution in [2.45, 2.75) is 20.8 Å². The Bertz CT molecular complexity index is 2130. The van der Waals surface area contributed by atoms with Gasteiger partial charge in [-0.1, -0.05) is 105 Å². The molecule has 7 rings (SSSR count). The minimum absolute atomic E-state index is 1.15. The maximum Gasteiger partial charge on any atom is 0.0541 e. The average Bonchev–Trinajstić information content (AvgIpc) is 3.54. The van der Waals surface area contributed by atoms with E-state index in [4.69, 9.17) is 0 Å². The highest BCUT2D eigenvalue weighted by Crippen LogP contribution is 2.35. The lowest BCUT2D eigenvalue weighted by atomic mass is 10.0. The monoisotopic (exact) mass is 530 g/mol. The maximum absolute atomic E-state index is 4.01. The molecule has 2 heterocycles. The van der Waals surface area contributed by atoms with Crippen LogP contribution in [0.15, 0.2) is 134 Å². The van der Waals surface area contributed by atoms with Gasteiger partial charge in [0.2, 0.25) is 0 Å². The first-order valence-electron chi connectivity index (χ1n) is 14.4. The summed E-state index contributed by atoms with van der Waals surface area (Å²) in [7, 11) is 0. The number of aromatic nitrogens is 2. The SMILES string of the molecule is C=C/C=c1\c(=C/C)n(-c2ccccc2)c2ccc(-c3ccc4c(c3)c3ccccc3n4-c3ccccc3)cc12.CC. The zero-order chi connectivity index (χ0) is 28.3.